The van der Waals surface area contributed by atoms with Gasteiger partial charge in [-0.2, -0.15) is 18.2 Å². The maximum absolute atomic E-state index is 12.9. The molecule has 25 heavy (non-hydrogen) atoms. The van der Waals surface area contributed by atoms with Gasteiger partial charge in [0.15, 0.2) is 11.4 Å². The van der Waals surface area contributed by atoms with E-state index in [1.807, 2.05) is 6.92 Å². The lowest BCUT2D eigenvalue weighted by molar-refractivity contribution is -0.195. The van der Waals surface area contributed by atoms with Gasteiger partial charge < -0.3 is 9.84 Å². The fraction of sp³-hybridized carbons (Fsp3) is 0.471. The lowest BCUT2D eigenvalue weighted by atomic mass is 9.88. The predicted octanol–water partition coefficient (Wildman–Crippen LogP) is 3.32. The van der Waals surface area contributed by atoms with Crippen LogP contribution in [-0.2, 0) is 20.5 Å². The van der Waals surface area contributed by atoms with Crippen molar-refractivity contribution < 1.29 is 32.6 Å². The van der Waals surface area contributed by atoms with E-state index in [1.54, 1.807) is 5.06 Å². The molecule has 0 aliphatic carbocycles. The van der Waals surface area contributed by atoms with Crippen molar-refractivity contribution in [1.29, 1.82) is 0 Å². The van der Waals surface area contributed by atoms with Crippen molar-refractivity contribution in [3.8, 4) is 0 Å². The molecule has 1 N–H and O–H groups in total. The number of halogens is 3. The third-order valence-electron chi connectivity index (χ3n) is 4.48. The highest BCUT2D eigenvalue weighted by molar-refractivity contribution is 6.19. The summed E-state index contributed by atoms with van der Waals surface area (Å²) in [7, 11) is 0. The second-order valence-corrected chi connectivity index (χ2v) is 6.03. The number of nitrogens with zero attached hydrogens (tertiary/aromatic N) is 1. The summed E-state index contributed by atoms with van der Waals surface area (Å²) in [6.07, 6.45) is -3.91. The molecule has 8 heteroatoms. The SMILES string of the molecule is CCON1CCC2(CC1)OC(=O)C(c1cccc(C(F)(F)F)c1)=C2O. The van der Waals surface area contributed by atoms with E-state index in [4.69, 9.17) is 9.57 Å². The van der Waals surface area contributed by atoms with Gasteiger partial charge in [0.1, 0.15) is 5.57 Å². The van der Waals surface area contributed by atoms with Crippen molar-refractivity contribution in [3.63, 3.8) is 0 Å². The first-order valence-corrected chi connectivity index (χ1v) is 7.99. The molecule has 1 aromatic carbocycles. The molecule has 5 nitrogen and oxygen atoms in total. The lowest BCUT2D eigenvalue weighted by Gasteiger charge is -2.37. The largest absolute Gasteiger partial charge is 0.507 e. The molecule has 1 aromatic rings. The number of ether oxygens (including phenoxy) is 1. The number of aliphatic hydroxyl groups excluding tert-OH is 1. The van der Waals surface area contributed by atoms with E-state index in [0.717, 1.165) is 12.1 Å². The van der Waals surface area contributed by atoms with Gasteiger partial charge in [-0.25, -0.2) is 4.79 Å². The minimum Gasteiger partial charge on any atom is -0.507 e. The van der Waals surface area contributed by atoms with Crippen LogP contribution < -0.4 is 0 Å². The van der Waals surface area contributed by atoms with Gasteiger partial charge in [-0.3, -0.25) is 4.84 Å². The molecular weight excluding hydrogens is 339 g/mol. The van der Waals surface area contributed by atoms with Crippen molar-refractivity contribution in [2.45, 2.75) is 31.5 Å². The fourth-order valence-corrected chi connectivity index (χ4v) is 3.20. The van der Waals surface area contributed by atoms with E-state index in [-0.39, 0.29) is 16.9 Å². The summed E-state index contributed by atoms with van der Waals surface area (Å²) in [4.78, 5) is 17.6. The molecule has 0 aromatic heterocycles. The molecule has 0 unspecified atom stereocenters. The number of rotatable bonds is 3. The van der Waals surface area contributed by atoms with Crippen molar-refractivity contribution >= 4 is 11.5 Å². The number of carbonyl (C=O) groups is 1. The average Bonchev–Trinajstić information content (AvgIpc) is 2.80. The Bertz CT molecular complexity index is 706. The maximum atomic E-state index is 12.9. The molecule has 0 saturated carbocycles. The molecule has 136 valence electrons. The van der Waals surface area contributed by atoms with Crippen molar-refractivity contribution in [2.24, 2.45) is 0 Å². The molecule has 0 bridgehead atoms. The van der Waals surface area contributed by atoms with Gasteiger partial charge in [-0.1, -0.05) is 12.1 Å². The Hall–Kier alpha value is -2.06. The Labute approximate surface area is 142 Å². The zero-order valence-corrected chi connectivity index (χ0v) is 13.6. The average molecular weight is 357 g/mol. The number of carbonyl (C=O) groups excluding carboxylic acids is 1. The standard InChI is InChI=1S/C17H18F3NO4/c1-2-24-21-8-6-16(7-9-21)14(22)13(15(23)25-16)11-4-3-5-12(10-11)17(18,19)20/h3-5,10,22H,2,6-9H2,1H3. The molecule has 1 spiro atoms. The van der Waals surface area contributed by atoms with Crippen LogP contribution in [0.4, 0.5) is 13.2 Å². The Balaban J connectivity index is 1.92. The highest BCUT2D eigenvalue weighted by Gasteiger charge is 2.50. The molecule has 2 aliphatic heterocycles. The summed E-state index contributed by atoms with van der Waals surface area (Å²) in [5, 5.41) is 12.3. The molecule has 0 radical (unpaired) electrons. The molecule has 0 atom stereocenters. The predicted molar refractivity (Wildman–Crippen MR) is 82.2 cm³/mol. The van der Waals surface area contributed by atoms with Gasteiger partial charge in [-0.05, 0) is 24.6 Å². The second-order valence-electron chi connectivity index (χ2n) is 6.03. The monoisotopic (exact) mass is 357 g/mol. The molecule has 1 saturated heterocycles. The number of hydroxylamine groups is 2. The minimum atomic E-state index is -4.53. The Morgan fingerprint density at radius 3 is 2.60 bits per heavy atom. The van der Waals surface area contributed by atoms with E-state index in [1.165, 1.54) is 12.1 Å². The first-order chi connectivity index (χ1) is 11.8. The van der Waals surface area contributed by atoms with Crippen molar-refractivity contribution in [1.82, 2.24) is 5.06 Å². The van der Waals surface area contributed by atoms with Crippen LogP contribution in [0.5, 0.6) is 0 Å². The number of esters is 1. The van der Waals surface area contributed by atoms with E-state index in [9.17, 15) is 23.1 Å². The zero-order valence-electron chi connectivity index (χ0n) is 13.6. The number of hydrogen-bond acceptors (Lipinski definition) is 5. The third-order valence-corrected chi connectivity index (χ3v) is 4.48. The topological polar surface area (TPSA) is 59.0 Å². The summed E-state index contributed by atoms with van der Waals surface area (Å²) in [5.74, 6) is -1.10. The molecule has 1 fully saturated rings. The summed E-state index contributed by atoms with van der Waals surface area (Å²) in [6, 6.07) is 4.32. The molecule has 3 rings (SSSR count). The fourth-order valence-electron chi connectivity index (χ4n) is 3.20. The van der Waals surface area contributed by atoms with Crippen LogP contribution >= 0.6 is 0 Å². The second kappa shape index (κ2) is 6.34. The van der Waals surface area contributed by atoms with Crippen LogP contribution in [0.15, 0.2) is 30.0 Å². The summed E-state index contributed by atoms with van der Waals surface area (Å²) in [5.41, 5.74) is -2.27. The Kier molecular flexibility index (Phi) is 4.51. The van der Waals surface area contributed by atoms with E-state index in [2.05, 4.69) is 0 Å². The summed E-state index contributed by atoms with van der Waals surface area (Å²) >= 11 is 0. The third kappa shape index (κ3) is 3.23. The van der Waals surface area contributed by atoms with E-state index < -0.39 is 23.3 Å². The summed E-state index contributed by atoms with van der Waals surface area (Å²) in [6.45, 7) is 3.25. The first kappa shape index (κ1) is 17.8. The van der Waals surface area contributed by atoms with Gasteiger partial charge in [-0.15, -0.1) is 0 Å². The van der Waals surface area contributed by atoms with Crippen molar-refractivity contribution in [3.05, 3.63) is 41.2 Å². The number of aliphatic hydroxyl groups is 1. The highest BCUT2D eigenvalue weighted by Crippen LogP contribution is 2.43. The minimum absolute atomic E-state index is 0.00133. The summed E-state index contributed by atoms with van der Waals surface area (Å²) < 4.78 is 44.1. The first-order valence-electron chi connectivity index (χ1n) is 7.99. The smallest absolute Gasteiger partial charge is 0.416 e. The maximum Gasteiger partial charge on any atom is 0.416 e. The van der Waals surface area contributed by atoms with Crippen molar-refractivity contribution in [2.75, 3.05) is 19.7 Å². The van der Waals surface area contributed by atoms with Crippen LogP contribution in [0.25, 0.3) is 5.57 Å². The molecule has 0 amide bonds. The quantitative estimate of drug-likeness (QED) is 0.841. The molecular formula is C17H18F3NO4. The molecule has 2 heterocycles. The normalized spacial score (nSPS) is 21.0. The van der Waals surface area contributed by atoms with Crippen LogP contribution in [-0.4, -0.2) is 41.4 Å². The van der Waals surface area contributed by atoms with Crippen LogP contribution in [0.2, 0.25) is 0 Å². The molecule has 2 aliphatic rings. The van der Waals surface area contributed by atoms with Gasteiger partial charge in [0, 0.05) is 25.9 Å². The zero-order chi connectivity index (χ0) is 18.2. The van der Waals surface area contributed by atoms with Crippen LogP contribution in [0, 0.1) is 0 Å². The van der Waals surface area contributed by atoms with Crippen LogP contribution in [0.1, 0.15) is 30.9 Å². The Morgan fingerprint density at radius 2 is 2.00 bits per heavy atom. The van der Waals surface area contributed by atoms with E-state index in [0.29, 0.717) is 32.5 Å². The van der Waals surface area contributed by atoms with E-state index >= 15 is 0 Å². The number of benzene rings is 1. The van der Waals surface area contributed by atoms with Gasteiger partial charge in [0.05, 0.1) is 12.2 Å². The van der Waals surface area contributed by atoms with Gasteiger partial charge >= 0.3 is 12.1 Å². The number of piperidine rings is 1. The van der Waals surface area contributed by atoms with Gasteiger partial charge in [0.25, 0.3) is 0 Å². The van der Waals surface area contributed by atoms with Gasteiger partial charge in [0.2, 0.25) is 0 Å². The Morgan fingerprint density at radius 1 is 1.32 bits per heavy atom. The number of alkyl halides is 3. The lowest BCUT2D eigenvalue weighted by Crippen LogP contribution is -2.45. The number of hydrogen-bond donors (Lipinski definition) is 1. The van der Waals surface area contributed by atoms with Crippen LogP contribution in [0.3, 0.4) is 0 Å². The highest BCUT2D eigenvalue weighted by atomic mass is 19.4.